The molecule has 0 spiro atoms. The number of carboxylic acids is 1. The number of carbonyl (C=O) groups excluding carboxylic acids is 1. The Labute approximate surface area is 154 Å². The van der Waals surface area contributed by atoms with E-state index in [1.54, 1.807) is 4.90 Å². The number of hydrogen-bond acceptors (Lipinski definition) is 3. The molecule has 3 aliphatic rings. The number of hydrogen-bond donors (Lipinski definition) is 1. The van der Waals surface area contributed by atoms with Crippen LogP contribution in [0.4, 0.5) is 13.2 Å². The van der Waals surface area contributed by atoms with Gasteiger partial charge in [-0.2, -0.15) is 13.2 Å². The average molecular weight is 383 g/mol. The van der Waals surface area contributed by atoms with Gasteiger partial charge in [-0.05, 0) is 36.5 Å². The molecule has 5 nitrogen and oxygen atoms in total. The normalized spacial score (nSPS) is 32.9. The van der Waals surface area contributed by atoms with Gasteiger partial charge in [0.2, 0.25) is 5.91 Å². The lowest BCUT2D eigenvalue weighted by molar-refractivity contribution is -0.157. The zero-order chi connectivity index (χ0) is 19.4. The monoisotopic (exact) mass is 383 g/mol. The van der Waals surface area contributed by atoms with Gasteiger partial charge in [0, 0.05) is 31.5 Å². The SMILES string of the molecule is O=C(C1CC1c1ccc(C(F)(F)F)cc1)N1C[C@H]2COCC[C@@]2(C(=O)O)C1. The van der Waals surface area contributed by atoms with Crippen molar-refractivity contribution in [3.8, 4) is 0 Å². The van der Waals surface area contributed by atoms with Crippen molar-refractivity contribution in [1.29, 1.82) is 0 Å². The predicted octanol–water partition coefficient (Wildman–Crippen LogP) is 2.76. The lowest BCUT2D eigenvalue weighted by Gasteiger charge is -2.33. The second-order valence-electron chi connectivity index (χ2n) is 7.77. The Balaban J connectivity index is 1.44. The summed E-state index contributed by atoms with van der Waals surface area (Å²) in [4.78, 5) is 26.3. The van der Waals surface area contributed by atoms with Crippen LogP contribution in [-0.4, -0.2) is 48.2 Å². The fourth-order valence-corrected chi connectivity index (χ4v) is 4.46. The summed E-state index contributed by atoms with van der Waals surface area (Å²) >= 11 is 0. The number of fused-ring (bicyclic) bond motifs is 1. The average Bonchev–Trinajstić information content (AvgIpc) is 3.32. The van der Waals surface area contributed by atoms with E-state index in [0.717, 1.165) is 12.1 Å². The summed E-state index contributed by atoms with van der Waals surface area (Å²) in [7, 11) is 0. The Hall–Kier alpha value is -2.09. The van der Waals surface area contributed by atoms with E-state index in [-0.39, 0.29) is 30.2 Å². The van der Waals surface area contributed by atoms with Crippen molar-refractivity contribution < 1.29 is 32.6 Å². The molecule has 1 aliphatic carbocycles. The van der Waals surface area contributed by atoms with Gasteiger partial charge < -0.3 is 14.7 Å². The summed E-state index contributed by atoms with van der Waals surface area (Å²) in [5, 5.41) is 9.69. The van der Waals surface area contributed by atoms with Crippen LogP contribution in [0, 0.1) is 17.3 Å². The topological polar surface area (TPSA) is 66.8 Å². The van der Waals surface area contributed by atoms with Crippen LogP contribution in [-0.2, 0) is 20.5 Å². The Morgan fingerprint density at radius 3 is 2.52 bits per heavy atom. The molecule has 0 aromatic heterocycles. The van der Waals surface area contributed by atoms with Crippen molar-refractivity contribution in [3.05, 3.63) is 35.4 Å². The quantitative estimate of drug-likeness (QED) is 0.872. The maximum atomic E-state index is 12.8. The van der Waals surface area contributed by atoms with Gasteiger partial charge in [0.05, 0.1) is 17.6 Å². The van der Waals surface area contributed by atoms with Gasteiger partial charge in [-0.3, -0.25) is 9.59 Å². The molecule has 4 atom stereocenters. The summed E-state index contributed by atoms with van der Waals surface area (Å²) in [6, 6.07) is 4.93. The molecule has 1 N–H and O–H groups in total. The van der Waals surface area contributed by atoms with E-state index in [1.165, 1.54) is 12.1 Å². The third-order valence-electron chi connectivity index (χ3n) is 6.22. The van der Waals surface area contributed by atoms with E-state index < -0.39 is 23.1 Å². The molecule has 3 fully saturated rings. The van der Waals surface area contributed by atoms with Crippen molar-refractivity contribution in [2.75, 3.05) is 26.3 Å². The minimum absolute atomic E-state index is 0.0977. The summed E-state index contributed by atoms with van der Waals surface area (Å²) in [5.41, 5.74) is -0.928. The van der Waals surface area contributed by atoms with Gasteiger partial charge in [0.15, 0.2) is 0 Å². The number of carboxylic acid groups (broad SMARTS) is 1. The van der Waals surface area contributed by atoms with Gasteiger partial charge >= 0.3 is 12.1 Å². The molecular formula is C19H20F3NO4. The molecule has 1 aromatic rings. The number of rotatable bonds is 3. The Morgan fingerprint density at radius 2 is 1.93 bits per heavy atom. The summed E-state index contributed by atoms with van der Waals surface area (Å²) in [6.45, 7) is 1.26. The van der Waals surface area contributed by atoms with Crippen LogP contribution in [0.1, 0.15) is 29.9 Å². The summed E-state index contributed by atoms with van der Waals surface area (Å²) in [6.07, 6.45) is -3.40. The fourth-order valence-electron chi connectivity index (χ4n) is 4.46. The van der Waals surface area contributed by atoms with Crippen LogP contribution in [0.25, 0.3) is 0 Å². The first-order valence-corrected chi connectivity index (χ1v) is 8.99. The number of benzene rings is 1. The predicted molar refractivity (Wildman–Crippen MR) is 87.9 cm³/mol. The van der Waals surface area contributed by atoms with Crippen LogP contribution in [0.2, 0.25) is 0 Å². The van der Waals surface area contributed by atoms with Crippen LogP contribution in [0.15, 0.2) is 24.3 Å². The van der Waals surface area contributed by atoms with Crippen molar-refractivity contribution in [2.24, 2.45) is 17.3 Å². The largest absolute Gasteiger partial charge is 0.481 e. The second kappa shape index (κ2) is 6.22. The number of amides is 1. The smallest absolute Gasteiger partial charge is 0.416 e. The number of aliphatic carboxylic acids is 1. The van der Waals surface area contributed by atoms with Gasteiger partial charge in [-0.1, -0.05) is 12.1 Å². The molecular weight excluding hydrogens is 363 g/mol. The van der Waals surface area contributed by atoms with E-state index in [9.17, 15) is 27.9 Å². The minimum Gasteiger partial charge on any atom is -0.481 e. The third kappa shape index (κ3) is 3.09. The Kier molecular flexibility index (Phi) is 4.21. The Morgan fingerprint density at radius 1 is 1.22 bits per heavy atom. The first-order chi connectivity index (χ1) is 12.7. The molecule has 1 saturated carbocycles. The summed E-state index contributed by atoms with van der Waals surface area (Å²) in [5.74, 6) is -1.58. The zero-order valence-electron chi connectivity index (χ0n) is 14.5. The van der Waals surface area contributed by atoms with Crippen molar-refractivity contribution >= 4 is 11.9 Å². The maximum absolute atomic E-state index is 12.8. The van der Waals surface area contributed by atoms with Crippen molar-refractivity contribution in [2.45, 2.75) is 24.9 Å². The molecule has 2 heterocycles. The molecule has 146 valence electrons. The molecule has 4 rings (SSSR count). The molecule has 1 amide bonds. The summed E-state index contributed by atoms with van der Waals surface area (Å²) < 4.78 is 43.4. The second-order valence-corrected chi connectivity index (χ2v) is 7.77. The van der Waals surface area contributed by atoms with Gasteiger partial charge in [-0.25, -0.2) is 0 Å². The highest BCUT2D eigenvalue weighted by Gasteiger charge is 2.57. The number of likely N-dealkylation sites (tertiary alicyclic amines) is 1. The van der Waals surface area contributed by atoms with Crippen LogP contribution in [0.3, 0.4) is 0 Å². The van der Waals surface area contributed by atoms with Gasteiger partial charge in [0.1, 0.15) is 0 Å². The zero-order valence-corrected chi connectivity index (χ0v) is 14.5. The highest BCUT2D eigenvalue weighted by atomic mass is 19.4. The first kappa shape index (κ1) is 18.3. The van der Waals surface area contributed by atoms with Crippen molar-refractivity contribution in [3.63, 3.8) is 0 Å². The maximum Gasteiger partial charge on any atom is 0.416 e. The molecule has 2 aliphatic heterocycles. The van der Waals surface area contributed by atoms with Gasteiger partial charge in [-0.15, -0.1) is 0 Å². The molecule has 0 bridgehead atoms. The van der Waals surface area contributed by atoms with E-state index in [4.69, 9.17) is 4.74 Å². The first-order valence-electron chi connectivity index (χ1n) is 8.99. The van der Waals surface area contributed by atoms with Crippen LogP contribution >= 0.6 is 0 Å². The standard InChI is InChI=1S/C19H20F3NO4/c20-19(21,22)12-3-1-11(2-4-12)14-7-15(14)16(24)23-8-13-9-27-6-5-18(13,10-23)17(25)26/h1-4,13-15H,5-10H2,(H,25,26)/t13-,14?,15?,18+/m0/s1. The Bertz CT molecular complexity index is 763. The molecule has 0 radical (unpaired) electrons. The van der Waals surface area contributed by atoms with Crippen LogP contribution < -0.4 is 0 Å². The third-order valence-corrected chi connectivity index (χ3v) is 6.22. The van der Waals surface area contributed by atoms with E-state index in [0.29, 0.717) is 38.2 Å². The number of ether oxygens (including phenoxy) is 1. The molecule has 1 aromatic carbocycles. The number of nitrogens with zero attached hydrogens (tertiary/aromatic N) is 1. The lowest BCUT2D eigenvalue weighted by Crippen LogP contribution is -2.45. The highest BCUT2D eigenvalue weighted by molar-refractivity contribution is 5.85. The highest BCUT2D eigenvalue weighted by Crippen LogP contribution is 2.51. The van der Waals surface area contributed by atoms with E-state index in [1.807, 2.05) is 0 Å². The number of carbonyl (C=O) groups is 2. The van der Waals surface area contributed by atoms with E-state index in [2.05, 4.69) is 0 Å². The molecule has 27 heavy (non-hydrogen) atoms. The number of alkyl halides is 3. The molecule has 2 saturated heterocycles. The molecule has 2 unspecified atom stereocenters. The minimum atomic E-state index is -4.38. The number of halogens is 3. The van der Waals surface area contributed by atoms with E-state index >= 15 is 0 Å². The fraction of sp³-hybridized carbons (Fsp3) is 0.579. The van der Waals surface area contributed by atoms with Gasteiger partial charge in [0.25, 0.3) is 0 Å². The lowest BCUT2D eigenvalue weighted by atomic mass is 9.74. The molecule has 8 heteroatoms. The van der Waals surface area contributed by atoms with Crippen LogP contribution in [0.5, 0.6) is 0 Å². The van der Waals surface area contributed by atoms with Crippen molar-refractivity contribution in [1.82, 2.24) is 4.90 Å².